The Morgan fingerprint density at radius 1 is 1.14 bits per heavy atom. The van der Waals surface area contributed by atoms with Crippen LogP contribution in [0.4, 0.5) is 11.5 Å². The molecular formula is C21H17BrN4O2. The molecule has 4 aromatic rings. The lowest BCUT2D eigenvalue weighted by Crippen LogP contribution is -2.13. The maximum Gasteiger partial charge on any atom is 0.269 e. The van der Waals surface area contributed by atoms with Crippen molar-refractivity contribution in [1.29, 1.82) is 0 Å². The second-order valence-corrected chi connectivity index (χ2v) is 7.41. The van der Waals surface area contributed by atoms with Crippen molar-refractivity contribution < 1.29 is 4.92 Å². The smallest absolute Gasteiger partial charge is 0.269 e. The lowest BCUT2D eigenvalue weighted by atomic mass is 9.98. The Hall–Kier alpha value is -3.19. The fourth-order valence-corrected chi connectivity index (χ4v) is 3.71. The van der Waals surface area contributed by atoms with E-state index in [1.165, 1.54) is 12.1 Å². The molecule has 0 fully saturated rings. The van der Waals surface area contributed by atoms with Crippen molar-refractivity contribution in [3.8, 4) is 0 Å². The van der Waals surface area contributed by atoms with E-state index in [1.54, 1.807) is 18.3 Å². The fraction of sp³-hybridized carbons (Fsp3) is 0.0952. The van der Waals surface area contributed by atoms with Gasteiger partial charge in [-0.3, -0.25) is 10.1 Å². The zero-order valence-electron chi connectivity index (χ0n) is 15.0. The number of hydrogen-bond donors (Lipinski definition) is 1. The number of hydrogen-bond acceptors (Lipinski definition) is 4. The number of anilines is 1. The number of fused-ring (bicyclic) bond motifs is 1. The molecule has 0 bridgehead atoms. The molecule has 0 aliphatic carbocycles. The van der Waals surface area contributed by atoms with Crippen LogP contribution in [0, 0.1) is 10.1 Å². The minimum absolute atomic E-state index is 0.0704. The summed E-state index contributed by atoms with van der Waals surface area (Å²) in [6.07, 6.45) is 3.81. The third-order valence-corrected chi connectivity index (χ3v) is 5.18. The van der Waals surface area contributed by atoms with Gasteiger partial charge in [0.15, 0.2) is 0 Å². The van der Waals surface area contributed by atoms with Crippen molar-refractivity contribution >= 4 is 38.3 Å². The highest BCUT2D eigenvalue weighted by atomic mass is 79.9. The van der Waals surface area contributed by atoms with Gasteiger partial charge in [-0.1, -0.05) is 22.0 Å². The zero-order valence-corrected chi connectivity index (χ0v) is 16.6. The van der Waals surface area contributed by atoms with Crippen LogP contribution in [0.3, 0.4) is 0 Å². The Morgan fingerprint density at radius 2 is 1.93 bits per heavy atom. The topological polar surface area (TPSA) is 73.0 Å². The van der Waals surface area contributed by atoms with Gasteiger partial charge >= 0.3 is 0 Å². The molecule has 0 spiro atoms. The Kier molecular flexibility index (Phi) is 4.83. The fourth-order valence-electron chi connectivity index (χ4n) is 3.35. The maximum absolute atomic E-state index is 11.0. The van der Waals surface area contributed by atoms with Gasteiger partial charge in [-0.2, -0.15) is 0 Å². The van der Waals surface area contributed by atoms with Gasteiger partial charge in [0.25, 0.3) is 5.69 Å². The quantitative estimate of drug-likeness (QED) is 0.333. The predicted octanol–water partition coefficient (Wildman–Crippen LogP) is 5.45. The van der Waals surface area contributed by atoms with Crippen LogP contribution in [0.1, 0.15) is 17.2 Å². The van der Waals surface area contributed by atoms with E-state index in [0.717, 1.165) is 32.3 Å². The van der Waals surface area contributed by atoms with Crippen molar-refractivity contribution in [2.75, 3.05) is 5.32 Å². The molecule has 2 heterocycles. The van der Waals surface area contributed by atoms with Gasteiger partial charge in [0.05, 0.1) is 11.0 Å². The number of non-ortho nitro benzene ring substituents is 1. The number of halogens is 1. The summed E-state index contributed by atoms with van der Waals surface area (Å²) in [6, 6.07) is 18.3. The van der Waals surface area contributed by atoms with Crippen LogP contribution in [-0.2, 0) is 7.05 Å². The molecule has 2 aromatic carbocycles. The minimum Gasteiger partial charge on any atom is -0.359 e. The first-order valence-electron chi connectivity index (χ1n) is 8.69. The first-order valence-corrected chi connectivity index (χ1v) is 9.48. The molecule has 0 radical (unpaired) electrons. The Balaban J connectivity index is 1.86. The number of nitro benzene ring substituents is 1. The summed E-state index contributed by atoms with van der Waals surface area (Å²) >= 11 is 3.56. The second-order valence-electron chi connectivity index (χ2n) is 6.50. The highest BCUT2D eigenvalue weighted by Crippen LogP contribution is 2.34. The van der Waals surface area contributed by atoms with Gasteiger partial charge in [-0.15, -0.1) is 0 Å². The molecule has 2 aromatic heterocycles. The lowest BCUT2D eigenvalue weighted by molar-refractivity contribution is -0.384. The largest absolute Gasteiger partial charge is 0.359 e. The van der Waals surface area contributed by atoms with E-state index >= 15 is 0 Å². The van der Waals surface area contributed by atoms with Gasteiger partial charge in [0.1, 0.15) is 5.82 Å². The molecule has 28 heavy (non-hydrogen) atoms. The summed E-state index contributed by atoms with van der Waals surface area (Å²) in [4.78, 5) is 15.0. The molecule has 0 saturated heterocycles. The van der Waals surface area contributed by atoms with E-state index in [0.29, 0.717) is 0 Å². The van der Waals surface area contributed by atoms with Crippen molar-refractivity contribution in [3.05, 3.63) is 98.8 Å². The van der Waals surface area contributed by atoms with Crippen molar-refractivity contribution in [3.63, 3.8) is 0 Å². The number of nitrogens with zero attached hydrogens (tertiary/aromatic N) is 3. The van der Waals surface area contributed by atoms with E-state index in [-0.39, 0.29) is 16.7 Å². The first kappa shape index (κ1) is 18.2. The summed E-state index contributed by atoms with van der Waals surface area (Å²) in [6.45, 7) is 0. The molecule has 140 valence electrons. The Morgan fingerprint density at radius 3 is 2.61 bits per heavy atom. The first-order chi connectivity index (χ1) is 13.5. The van der Waals surface area contributed by atoms with Crippen LogP contribution < -0.4 is 5.32 Å². The van der Waals surface area contributed by atoms with E-state index in [4.69, 9.17) is 0 Å². The monoisotopic (exact) mass is 436 g/mol. The minimum atomic E-state index is -0.389. The summed E-state index contributed by atoms with van der Waals surface area (Å²) in [5.41, 5.74) is 3.16. The zero-order chi connectivity index (χ0) is 19.7. The summed E-state index contributed by atoms with van der Waals surface area (Å²) in [5, 5.41) is 15.6. The Labute approximate surface area is 170 Å². The molecule has 1 unspecified atom stereocenters. The Bertz CT molecular complexity index is 1140. The van der Waals surface area contributed by atoms with Gasteiger partial charge in [-0.25, -0.2) is 4.98 Å². The molecular weight excluding hydrogens is 420 g/mol. The molecule has 0 saturated carbocycles. The summed E-state index contributed by atoms with van der Waals surface area (Å²) in [5.74, 6) is 0.734. The lowest BCUT2D eigenvalue weighted by Gasteiger charge is -2.20. The highest BCUT2D eigenvalue weighted by Gasteiger charge is 2.21. The SMILES string of the molecule is Cn1cc(C(Nc2ccccn2)c2ccc([N+](=O)[O-])cc2)c2cc(Br)ccc21. The molecule has 4 rings (SSSR count). The molecule has 7 heteroatoms. The molecule has 0 aliphatic rings. The molecule has 0 aliphatic heterocycles. The predicted molar refractivity (Wildman–Crippen MR) is 113 cm³/mol. The van der Waals surface area contributed by atoms with Crippen molar-refractivity contribution in [2.45, 2.75) is 6.04 Å². The van der Waals surface area contributed by atoms with Crippen LogP contribution in [0.15, 0.2) is 77.5 Å². The van der Waals surface area contributed by atoms with Crippen LogP contribution in [0.5, 0.6) is 0 Å². The van der Waals surface area contributed by atoms with Gasteiger partial charge < -0.3 is 9.88 Å². The third kappa shape index (κ3) is 3.48. The van der Waals surface area contributed by atoms with Crippen LogP contribution in [-0.4, -0.2) is 14.5 Å². The number of nitrogens with one attached hydrogen (secondary N) is 1. The normalized spacial score (nSPS) is 12.1. The molecule has 6 nitrogen and oxygen atoms in total. The van der Waals surface area contributed by atoms with E-state index in [1.807, 2.05) is 31.3 Å². The standard InChI is InChI=1S/C21H17BrN4O2/c1-25-13-18(17-12-15(22)7-10-19(17)25)21(24-20-4-2-3-11-23-20)14-5-8-16(9-6-14)26(27)28/h2-13,21H,1H3,(H,23,24). The number of benzene rings is 2. The number of pyridine rings is 1. The third-order valence-electron chi connectivity index (χ3n) is 4.69. The second kappa shape index (κ2) is 7.44. The molecule has 1 N–H and O–H groups in total. The van der Waals surface area contributed by atoms with Crippen molar-refractivity contribution in [2.24, 2.45) is 7.05 Å². The summed E-state index contributed by atoms with van der Waals surface area (Å²) < 4.78 is 3.07. The average molecular weight is 437 g/mol. The van der Waals surface area contributed by atoms with Gasteiger partial charge in [-0.05, 0) is 48.0 Å². The average Bonchev–Trinajstić information content (AvgIpc) is 3.02. The number of rotatable bonds is 5. The van der Waals surface area contributed by atoms with Crippen LogP contribution in [0.25, 0.3) is 10.9 Å². The number of aromatic nitrogens is 2. The van der Waals surface area contributed by atoms with E-state index in [2.05, 4.69) is 49.1 Å². The molecule has 1 atom stereocenters. The van der Waals surface area contributed by atoms with Crippen molar-refractivity contribution in [1.82, 2.24) is 9.55 Å². The maximum atomic E-state index is 11.0. The number of nitro groups is 1. The van der Waals surface area contributed by atoms with Crippen LogP contribution >= 0.6 is 15.9 Å². The van der Waals surface area contributed by atoms with E-state index in [9.17, 15) is 10.1 Å². The van der Waals surface area contributed by atoms with Gasteiger partial charge in [0.2, 0.25) is 0 Å². The van der Waals surface area contributed by atoms with Gasteiger partial charge in [0, 0.05) is 52.5 Å². The highest BCUT2D eigenvalue weighted by molar-refractivity contribution is 9.10. The number of aryl methyl sites for hydroxylation is 1. The molecule has 0 amide bonds. The van der Waals surface area contributed by atoms with Crippen LogP contribution in [0.2, 0.25) is 0 Å². The summed E-state index contributed by atoms with van der Waals surface area (Å²) in [7, 11) is 2.01. The van der Waals surface area contributed by atoms with E-state index < -0.39 is 0 Å².